The number of rotatable bonds is 4. The van der Waals surface area contributed by atoms with E-state index in [1.54, 1.807) is 0 Å². The van der Waals surface area contributed by atoms with E-state index in [9.17, 15) is 4.79 Å². The topological polar surface area (TPSA) is 64.7 Å². The second kappa shape index (κ2) is 7.02. The van der Waals surface area contributed by atoms with Crippen molar-refractivity contribution in [3.63, 3.8) is 0 Å². The van der Waals surface area contributed by atoms with E-state index in [-0.39, 0.29) is 5.41 Å². The predicted octanol–water partition coefficient (Wildman–Crippen LogP) is 4.49. The van der Waals surface area contributed by atoms with Crippen LogP contribution in [0.15, 0.2) is 17.3 Å². The number of allylic oxidation sites excluding steroid dienone is 1. The number of Topliss-reactive ketones (excluding diaryl/α,β-unsaturated/α-hetero) is 1. The molecule has 0 saturated heterocycles. The van der Waals surface area contributed by atoms with Crippen LogP contribution >= 0.6 is 0 Å². The molecular formula is C23H36N2O2. The molecule has 27 heavy (non-hydrogen) atoms. The van der Waals surface area contributed by atoms with Gasteiger partial charge >= 0.3 is 0 Å². The van der Waals surface area contributed by atoms with E-state index < -0.39 is 0 Å². The summed E-state index contributed by atoms with van der Waals surface area (Å²) >= 11 is 0. The van der Waals surface area contributed by atoms with E-state index in [1.807, 2.05) is 0 Å². The number of nitrogens with two attached hydrogens (primary N) is 1. The molecule has 4 aliphatic carbocycles. The maximum absolute atomic E-state index is 12.6. The monoisotopic (exact) mass is 372 g/mol. The Morgan fingerprint density at radius 1 is 1.19 bits per heavy atom. The number of ketones is 1. The number of hydrogen-bond acceptors (Lipinski definition) is 4. The Hall–Kier alpha value is -1.16. The summed E-state index contributed by atoms with van der Waals surface area (Å²) in [7, 11) is 0. The average Bonchev–Trinajstić information content (AvgIpc) is 2.95. The summed E-state index contributed by atoms with van der Waals surface area (Å²) in [6, 6.07) is 0. The van der Waals surface area contributed by atoms with Crippen molar-refractivity contribution in [3.8, 4) is 0 Å². The third kappa shape index (κ3) is 2.99. The van der Waals surface area contributed by atoms with Crippen LogP contribution in [0, 0.1) is 34.5 Å². The van der Waals surface area contributed by atoms with E-state index in [0.29, 0.717) is 42.1 Å². The molecule has 4 aliphatic rings. The maximum Gasteiger partial charge on any atom is 0.139 e. The molecule has 4 rings (SSSR count). The predicted molar refractivity (Wildman–Crippen MR) is 108 cm³/mol. The van der Waals surface area contributed by atoms with Gasteiger partial charge in [-0.05, 0) is 87.0 Å². The van der Waals surface area contributed by atoms with Crippen LogP contribution in [0.25, 0.3) is 0 Å². The normalized spacial score (nSPS) is 45.4. The van der Waals surface area contributed by atoms with E-state index >= 15 is 0 Å². The number of carbonyl (C=O) groups excluding carboxylic acids is 1. The first kappa shape index (κ1) is 19.2. The maximum atomic E-state index is 12.6. The van der Waals surface area contributed by atoms with E-state index in [1.165, 1.54) is 24.1 Å². The van der Waals surface area contributed by atoms with Crippen molar-refractivity contribution in [2.24, 2.45) is 45.4 Å². The van der Waals surface area contributed by atoms with Crippen molar-refractivity contribution in [2.75, 3.05) is 13.2 Å². The van der Waals surface area contributed by atoms with Gasteiger partial charge in [0.1, 0.15) is 12.4 Å². The number of carbonyl (C=O) groups is 1. The molecule has 0 aromatic rings. The van der Waals surface area contributed by atoms with Crippen LogP contribution in [0.2, 0.25) is 0 Å². The summed E-state index contributed by atoms with van der Waals surface area (Å²) in [6.07, 6.45) is 9.38. The molecule has 0 aromatic heterocycles. The summed E-state index contributed by atoms with van der Waals surface area (Å²) in [5.74, 6) is 3.01. The molecule has 0 aliphatic heterocycles. The second-order valence-electron chi connectivity index (χ2n) is 10.1. The van der Waals surface area contributed by atoms with Gasteiger partial charge in [0, 0.05) is 11.8 Å². The third-order valence-corrected chi connectivity index (χ3v) is 8.81. The Morgan fingerprint density at radius 2 is 2.00 bits per heavy atom. The van der Waals surface area contributed by atoms with Crippen LogP contribution in [0.3, 0.4) is 0 Å². The Morgan fingerprint density at radius 3 is 2.78 bits per heavy atom. The van der Waals surface area contributed by atoms with Crippen molar-refractivity contribution in [2.45, 2.75) is 71.6 Å². The molecule has 0 bridgehead atoms. The highest BCUT2D eigenvalue weighted by Crippen LogP contribution is 2.66. The van der Waals surface area contributed by atoms with Gasteiger partial charge in [0.15, 0.2) is 0 Å². The minimum Gasteiger partial charge on any atom is -0.396 e. The van der Waals surface area contributed by atoms with Crippen LogP contribution in [-0.4, -0.2) is 24.6 Å². The number of fused-ring (bicyclic) bond motifs is 5. The van der Waals surface area contributed by atoms with Gasteiger partial charge in [0.25, 0.3) is 0 Å². The molecule has 2 N–H and O–H groups in total. The average molecular weight is 373 g/mol. The van der Waals surface area contributed by atoms with Crippen LogP contribution in [0.4, 0.5) is 0 Å². The smallest absolute Gasteiger partial charge is 0.139 e. The molecule has 0 radical (unpaired) electrons. The minimum atomic E-state index is -0.0528. The standard InChI is InChI=1S/C23H36N2O2/c1-15-13-17-18-5-6-21(26)23(18,3)10-8-19(17)22(2)9-7-16(14-20(15)22)25-27-12-4-11-24/h17-20H,1,4-14,24H2,2-3H3/t17-,18-,19-,20?,22+,23-/m0/s1. The summed E-state index contributed by atoms with van der Waals surface area (Å²) in [4.78, 5) is 18.1. The van der Waals surface area contributed by atoms with Crippen molar-refractivity contribution in [1.82, 2.24) is 0 Å². The molecular weight excluding hydrogens is 336 g/mol. The largest absolute Gasteiger partial charge is 0.396 e. The first-order chi connectivity index (χ1) is 12.9. The molecule has 4 fully saturated rings. The number of nitrogens with zero attached hydrogens (tertiary/aromatic N) is 1. The number of oxime groups is 1. The van der Waals surface area contributed by atoms with E-state index in [4.69, 9.17) is 10.6 Å². The molecule has 4 nitrogen and oxygen atoms in total. The highest BCUT2D eigenvalue weighted by molar-refractivity contribution is 5.87. The quantitative estimate of drug-likeness (QED) is 0.449. The summed E-state index contributed by atoms with van der Waals surface area (Å²) in [6.45, 7) is 10.6. The van der Waals surface area contributed by atoms with Gasteiger partial charge < -0.3 is 10.6 Å². The zero-order valence-electron chi connectivity index (χ0n) is 17.1. The zero-order valence-corrected chi connectivity index (χ0v) is 17.1. The molecule has 4 heteroatoms. The first-order valence-electron chi connectivity index (χ1n) is 11.0. The van der Waals surface area contributed by atoms with Gasteiger partial charge in [-0.25, -0.2) is 0 Å². The summed E-state index contributed by atoms with van der Waals surface area (Å²) in [5, 5.41) is 4.43. The summed E-state index contributed by atoms with van der Waals surface area (Å²) in [5.41, 5.74) is 8.38. The van der Waals surface area contributed by atoms with Gasteiger partial charge in [0.05, 0.1) is 5.71 Å². The lowest BCUT2D eigenvalue weighted by atomic mass is 9.44. The first-order valence-corrected chi connectivity index (χ1v) is 11.0. The van der Waals surface area contributed by atoms with E-state index in [0.717, 1.165) is 50.9 Å². The van der Waals surface area contributed by atoms with Crippen molar-refractivity contribution in [3.05, 3.63) is 12.2 Å². The second-order valence-corrected chi connectivity index (χ2v) is 10.1. The molecule has 0 amide bonds. The van der Waals surface area contributed by atoms with Crippen molar-refractivity contribution < 1.29 is 9.63 Å². The Kier molecular flexibility index (Phi) is 4.99. The highest BCUT2D eigenvalue weighted by atomic mass is 16.6. The van der Waals surface area contributed by atoms with E-state index in [2.05, 4.69) is 25.6 Å². The zero-order chi connectivity index (χ0) is 19.2. The molecule has 150 valence electrons. The summed E-state index contributed by atoms with van der Waals surface area (Å²) < 4.78 is 0. The fourth-order valence-electron chi connectivity index (χ4n) is 7.19. The Bertz CT molecular complexity index is 657. The lowest BCUT2D eigenvalue weighted by Gasteiger charge is -2.60. The van der Waals surface area contributed by atoms with Gasteiger partial charge in [0.2, 0.25) is 0 Å². The lowest BCUT2D eigenvalue weighted by molar-refractivity contribution is -0.134. The van der Waals surface area contributed by atoms with Crippen LogP contribution in [-0.2, 0) is 9.63 Å². The SMILES string of the molecule is C=C1C[C@@H]2[C@H](CC[C@]3(C)C(=O)CC[C@@H]23)[C@@]2(C)CCC(=NOCCCN)CC12. The highest BCUT2D eigenvalue weighted by Gasteiger charge is 2.60. The fraction of sp³-hybridized carbons (Fsp3) is 0.826. The van der Waals surface area contributed by atoms with Gasteiger partial charge in [-0.2, -0.15) is 0 Å². The van der Waals surface area contributed by atoms with Crippen LogP contribution in [0.5, 0.6) is 0 Å². The van der Waals surface area contributed by atoms with Crippen LogP contribution in [0.1, 0.15) is 71.6 Å². The molecule has 4 saturated carbocycles. The molecule has 0 aromatic carbocycles. The van der Waals surface area contributed by atoms with Gasteiger partial charge in [-0.15, -0.1) is 0 Å². The van der Waals surface area contributed by atoms with Gasteiger partial charge in [-0.1, -0.05) is 31.2 Å². The van der Waals surface area contributed by atoms with Crippen molar-refractivity contribution in [1.29, 1.82) is 0 Å². The molecule has 6 atom stereocenters. The fourth-order valence-corrected chi connectivity index (χ4v) is 7.19. The molecule has 1 unspecified atom stereocenters. The lowest BCUT2D eigenvalue weighted by Crippen LogP contribution is -2.54. The van der Waals surface area contributed by atoms with Crippen molar-refractivity contribution >= 4 is 11.5 Å². The molecule has 0 spiro atoms. The Balaban J connectivity index is 1.52. The number of hydrogen-bond donors (Lipinski definition) is 1. The minimum absolute atomic E-state index is 0.0528. The molecule has 0 heterocycles. The van der Waals surface area contributed by atoms with Gasteiger partial charge in [-0.3, -0.25) is 4.79 Å². The Labute approximate surface area is 164 Å². The van der Waals surface area contributed by atoms with Crippen LogP contribution < -0.4 is 5.73 Å². The third-order valence-electron chi connectivity index (χ3n) is 8.81.